The number of rotatable bonds is 4. The summed E-state index contributed by atoms with van der Waals surface area (Å²) in [6, 6.07) is 5.92. The fourth-order valence-corrected chi connectivity index (χ4v) is 3.44. The van der Waals surface area contributed by atoms with Crippen LogP contribution in [-0.4, -0.2) is 45.6 Å². The minimum atomic E-state index is 0. The lowest BCUT2D eigenvalue weighted by molar-refractivity contribution is 0.276. The van der Waals surface area contributed by atoms with Crippen molar-refractivity contribution in [2.24, 2.45) is 10.4 Å². The molecule has 7 heteroatoms. The molecule has 0 bridgehead atoms. The van der Waals surface area contributed by atoms with Gasteiger partial charge in [-0.1, -0.05) is 19.9 Å². The van der Waals surface area contributed by atoms with E-state index in [1.165, 1.54) is 19.3 Å². The topological polar surface area (TPSA) is 57.8 Å². The van der Waals surface area contributed by atoms with Crippen molar-refractivity contribution in [2.45, 2.75) is 39.7 Å². The molecular weight excluding hydrogens is 415 g/mol. The zero-order valence-electron chi connectivity index (χ0n) is 14.7. The molecule has 0 radical (unpaired) electrons. The van der Waals surface area contributed by atoms with Crippen LogP contribution in [0.15, 0.2) is 29.4 Å². The average molecular weight is 442 g/mol. The molecule has 0 amide bonds. The van der Waals surface area contributed by atoms with Crippen LogP contribution in [0.1, 0.15) is 38.9 Å². The van der Waals surface area contributed by atoms with Crippen LogP contribution in [-0.2, 0) is 6.54 Å². The van der Waals surface area contributed by atoms with Gasteiger partial charge in [0.1, 0.15) is 0 Å². The molecule has 6 nitrogen and oxygen atoms in total. The van der Waals surface area contributed by atoms with Crippen molar-refractivity contribution < 1.29 is 0 Å². The number of pyridine rings is 1. The SMILES string of the molecule is CCC1(CC)CCN(C(=NC)NCc2nnc3ccccn23)C1.I. The monoisotopic (exact) mass is 442 g/mol. The fraction of sp³-hybridized carbons (Fsp3) is 0.588. The van der Waals surface area contributed by atoms with Gasteiger partial charge in [-0.2, -0.15) is 0 Å². The van der Waals surface area contributed by atoms with Gasteiger partial charge in [0.2, 0.25) is 0 Å². The Labute approximate surface area is 160 Å². The molecule has 1 aliphatic heterocycles. The molecule has 0 unspecified atom stereocenters. The van der Waals surface area contributed by atoms with E-state index >= 15 is 0 Å². The van der Waals surface area contributed by atoms with Crippen molar-refractivity contribution in [1.29, 1.82) is 0 Å². The molecule has 0 aliphatic carbocycles. The first kappa shape index (κ1) is 19.0. The minimum Gasteiger partial charge on any atom is -0.349 e. The molecule has 2 aromatic rings. The summed E-state index contributed by atoms with van der Waals surface area (Å²) in [4.78, 5) is 6.83. The van der Waals surface area contributed by atoms with Crippen molar-refractivity contribution in [3.8, 4) is 0 Å². The number of aromatic nitrogens is 3. The standard InChI is InChI=1S/C17H26N6.HI/c1-4-17(5-2)9-11-22(13-17)16(18-3)19-12-15-21-20-14-8-6-7-10-23(14)15;/h6-8,10H,4-5,9,11-13H2,1-3H3,(H,18,19);1H. The van der Waals surface area contributed by atoms with E-state index < -0.39 is 0 Å². The van der Waals surface area contributed by atoms with Crippen LogP contribution in [0.5, 0.6) is 0 Å². The van der Waals surface area contributed by atoms with Gasteiger partial charge in [-0.3, -0.25) is 9.39 Å². The number of guanidine groups is 1. The van der Waals surface area contributed by atoms with Crippen molar-refractivity contribution in [3.05, 3.63) is 30.2 Å². The Morgan fingerprint density at radius 2 is 2.08 bits per heavy atom. The van der Waals surface area contributed by atoms with E-state index in [1.807, 2.05) is 35.8 Å². The molecule has 3 rings (SSSR count). The maximum absolute atomic E-state index is 4.46. The van der Waals surface area contributed by atoms with Crippen molar-refractivity contribution in [3.63, 3.8) is 0 Å². The summed E-state index contributed by atoms with van der Waals surface area (Å²) in [6.07, 6.45) is 5.69. The fourth-order valence-electron chi connectivity index (χ4n) is 3.44. The van der Waals surface area contributed by atoms with Crippen LogP contribution in [0.3, 0.4) is 0 Å². The van der Waals surface area contributed by atoms with Crippen molar-refractivity contribution in [1.82, 2.24) is 24.8 Å². The van der Waals surface area contributed by atoms with E-state index in [9.17, 15) is 0 Å². The lowest BCUT2D eigenvalue weighted by atomic mass is 9.82. The molecule has 1 N–H and O–H groups in total. The van der Waals surface area contributed by atoms with Gasteiger partial charge in [-0.05, 0) is 36.8 Å². The minimum absolute atomic E-state index is 0. The van der Waals surface area contributed by atoms with Gasteiger partial charge in [-0.25, -0.2) is 0 Å². The molecule has 1 aliphatic rings. The highest BCUT2D eigenvalue weighted by Crippen LogP contribution is 2.36. The molecule has 0 saturated carbocycles. The third-order valence-corrected chi connectivity index (χ3v) is 5.24. The smallest absolute Gasteiger partial charge is 0.194 e. The Bertz CT molecular complexity index is 691. The van der Waals surface area contributed by atoms with Gasteiger partial charge < -0.3 is 10.2 Å². The van der Waals surface area contributed by atoms with Crippen LogP contribution < -0.4 is 5.32 Å². The number of fused-ring (bicyclic) bond motifs is 1. The zero-order valence-corrected chi connectivity index (χ0v) is 17.0. The summed E-state index contributed by atoms with van der Waals surface area (Å²) in [6.45, 7) is 7.37. The Morgan fingerprint density at radius 3 is 2.75 bits per heavy atom. The second-order valence-corrected chi connectivity index (χ2v) is 6.32. The Hall–Kier alpha value is -1.38. The molecule has 132 valence electrons. The third kappa shape index (κ3) is 3.65. The lowest BCUT2D eigenvalue weighted by Crippen LogP contribution is -2.41. The molecule has 0 aromatic carbocycles. The maximum atomic E-state index is 4.46. The highest BCUT2D eigenvalue weighted by molar-refractivity contribution is 14.0. The summed E-state index contributed by atoms with van der Waals surface area (Å²) < 4.78 is 2.01. The predicted molar refractivity (Wildman–Crippen MR) is 108 cm³/mol. The Balaban J connectivity index is 0.00000208. The quantitative estimate of drug-likeness (QED) is 0.450. The molecule has 24 heavy (non-hydrogen) atoms. The number of halogens is 1. The van der Waals surface area contributed by atoms with Gasteiger partial charge in [0, 0.05) is 26.3 Å². The summed E-state index contributed by atoms with van der Waals surface area (Å²) in [5, 5.41) is 11.9. The Kier molecular flexibility index (Phi) is 6.42. The van der Waals surface area contributed by atoms with Crippen LogP contribution in [0.2, 0.25) is 0 Å². The number of likely N-dealkylation sites (tertiary alicyclic amines) is 1. The summed E-state index contributed by atoms with van der Waals surface area (Å²) in [5.74, 6) is 1.86. The van der Waals surface area contributed by atoms with Crippen molar-refractivity contribution in [2.75, 3.05) is 20.1 Å². The van der Waals surface area contributed by atoms with Crippen LogP contribution in [0.25, 0.3) is 5.65 Å². The van der Waals surface area contributed by atoms with E-state index in [1.54, 1.807) is 0 Å². The van der Waals surface area contributed by atoms with Gasteiger partial charge >= 0.3 is 0 Å². The Morgan fingerprint density at radius 1 is 1.29 bits per heavy atom. The lowest BCUT2D eigenvalue weighted by Gasteiger charge is -2.27. The van der Waals surface area contributed by atoms with E-state index in [0.29, 0.717) is 12.0 Å². The average Bonchev–Trinajstić information content (AvgIpc) is 3.21. The number of hydrogen-bond acceptors (Lipinski definition) is 3. The molecule has 3 heterocycles. The second kappa shape index (κ2) is 8.13. The first-order chi connectivity index (χ1) is 11.2. The number of nitrogens with zero attached hydrogens (tertiary/aromatic N) is 5. The van der Waals surface area contributed by atoms with E-state index in [4.69, 9.17) is 0 Å². The number of aliphatic imine (C=N–C) groups is 1. The first-order valence-corrected chi connectivity index (χ1v) is 8.45. The molecular formula is C17H27IN6. The third-order valence-electron chi connectivity index (χ3n) is 5.24. The van der Waals surface area contributed by atoms with E-state index in [0.717, 1.165) is 30.5 Å². The number of nitrogens with one attached hydrogen (secondary N) is 1. The number of hydrogen-bond donors (Lipinski definition) is 1. The zero-order chi connectivity index (χ0) is 16.3. The van der Waals surface area contributed by atoms with Crippen LogP contribution >= 0.6 is 24.0 Å². The maximum Gasteiger partial charge on any atom is 0.194 e. The van der Waals surface area contributed by atoms with E-state index in [2.05, 4.69) is 39.3 Å². The van der Waals surface area contributed by atoms with Gasteiger partial charge in [-0.15, -0.1) is 34.2 Å². The highest BCUT2D eigenvalue weighted by Gasteiger charge is 2.36. The molecule has 0 spiro atoms. The summed E-state index contributed by atoms with van der Waals surface area (Å²) >= 11 is 0. The molecule has 1 fully saturated rings. The highest BCUT2D eigenvalue weighted by atomic mass is 127. The van der Waals surface area contributed by atoms with Crippen LogP contribution in [0, 0.1) is 5.41 Å². The first-order valence-electron chi connectivity index (χ1n) is 8.45. The van der Waals surface area contributed by atoms with Gasteiger partial charge in [0.15, 0.2) is 17.4 Å². The van der Waals surface area contributed by atoms with Gasteiger partial charge in [0.25, 0.3) is 0 Å². The largest absolute Gasteiger partial charge is 0.349 e. The van der Waals surface area contributed by atoms with Gasteiger partial charge in [0.05, 0.1) is 6.54 Å². The van der Waals surface area contributed by atoms with E-state index in [-0.39, 0.29) is 24.0 Å². The predicted octanol–water partition coefficient (Wildman–Crippen LogP) is 2.93. The molecule has 0 atom stereocenters. The molecule has 1 saturated heterocycles. The second-order valence-electron chi connectivity index (χ2n) is 6.32. The summed E-state index contributed by atoms with van der Waals surface area (Å²) in [7, 11) is 1.85. The molecule has 2 aromatic heterocycles. The van der Waals surface area contributed by atoms with Crippen LogP contribution in [0.4, 0.5) is 0 Å². The summed E-state index contributed by atoms with van der Waals surface area (Å²) in [5.41, 5.74) is 1.32. The normalized spacial score (nSPS) is 17.1. The van der Waals surface area contributed by atoms with Crippen molar-refractivity contribution >= 4 is 35.6 Å².